The molecule has 1 amide bonds. The van der Waals surface area contributed by atoms with Crippen LogP contribution in [0.2, 0.25) is 0 Å². The van der Waals surface area contributed by atoms with Gasteiger partial charge in [-0.05, 0) is 11.8 Å². The van der Waals surface area contributed by atoms with Crippen LogP contribution in [0.3, 0.4) is 0 Å². The van der Waals surface area contributed by atoms with Crippen molar-refractivity contribution in [2.75, 3.05) is 0 Å². The van der Waals surface area contributed by atoms with Gasteiger partial charge < -0.3 is 10.4 Å². The molecule has 0 saturated carbocycles. The van der Waals surface area contributed by atoms with E-state index >= 15 is 0 Å². The van der Waals surface area contributed by atoms with Crippen LogP contribution in [0.1, 0.15) is 55.5 Å². The Morgan fingerprint density at radius 2 is 2.00 bits per heavy atom. The summed E-state index contributed by atoms with van der Waals surface area (Å²) >= 11 is 1.29. The number of rotatable bonds is 6. The Labute approximate surface area is 117 Å². The highest BCUT2D eigenvalue weighted by Crippen LogP contribution is 2.18. The zero-order valence-corrected chi connectivity index (χ0v) is 12.5. The van der Waals surface area contributed by atoms with Gasteiger partial charge in [0.25, 0.3) is 5.91 Å². The summed E-state index contributed by atoms with van der Waals surface area (Å²) in [6, 6.07) is -0.378. The highest BCUT2D eigenvalue weighted by molar-refractivity contribution is 7.11. The number of hydrogen-bond donors (Lipinski definition) is 2. The van der Waals surface area contributed by atoms with Crippen LogP contribution >= 0.6 is 11.3 Å². The minimum Gasteiger partial charge on any atom is -0.481 e. The van der Waals surface area contributed by atoms with Gasteiger partial charge >= 0.3 is 5.97 Å². The molecule has 0 aliphatic heterocycles. The van der Waals surface area contributed by atoms with Crippen LogP contribution in [0.5, 0.6) is 0 Å². The van der Waals surface area contributed by atoms with E-state index in [9.17, 15) is 9.59 Å². The van der Waals surface area contributed by atoms with Crippen molar-refractivity contribution in [2.24, 2.45) is 5.92 Å². The molecule has 0 fully saturated rings. The van der Waals surface area contributed by atoms with Crippen molar-refractivity contribution in [3.63, 3.8) is 0 Å². The molecule has 1 heterocycles. The van der Waals surface area contributed by atoms with E-state index in [1.54, 1.807) is 0 Å². The Bertz CT molecular complexity index is 454. The molecule has 0 bridgehead atoms. The van der Waals surface area contributed by atoms with E-state index in [-0.39, 0.29) is 30.2 Å². The van der Waals surface area contributed by atoms with E-state index in [1.165, 1.54) is 11.3 Å². The average molecular weight is 284 g/mol. The molecule has 0 aliphatic carbocycles. The minimum atomic E-state index is -0.916. The van der Waals surface area contributed by atoms with Crippen LogP contribution in [0, 0.1) is 5.92 Å². The van der Waals surface area contributed by atoms with Crippen molar-refractivity contribution in [3.8, 4) is 0 Å². The first-order valence-electron chi connectivity index (χ1n) is 6.29. The van der Waals surface area contributed by atoms with Crippen LogP contribution in [-0.2, 0) is 4.79 Å². The van der Waals surface area contributed by atoms with E-state index < -0.39 is 5.97 Å². The first-order valence-corrected chi connectivity index (χ1v) is 7.17. The summed E-state index contributed by atoms with van der Waals surface area (Å²) in [4.78, 5) is 27.0. The average Bonchev–Trinajstić information content (AvgIpc) is 2.76. The van der Waals surface area contributed by atoms with Crippen LogP contribution < -0.4 is 5.32 Å². The lowest BCUT2D eigenvalue weighted by atomic mass is 10.0. The number of nitrogens with zero attached hydrogens (tertiary/aromatic N) is 1. The van der Waals surface area contributed by atoms with Gasteiger partial charge in [0.05, 0.1) is 12.1 Å². The molecule has 1 aromatic rings. The normalized spacial score (nSPS) is 12.7. The largest absolute Gasteiger partial charge is 0.481 e. The number of carbonyl (C=O) groups is 2. The van der Waals surface area contributed by atoms with Crippen molar-refractivity contribution in [1.82, 2.24) is 10.3 Å². The summed E-state index contributed by atoms with van der Waals surface area (Å²) in [5, 5.41) is 13.8. The molecule has 0 aromatic carbocycles. The highest BCUT2D eigenvalue weighted by Gasteiger charge is 2.21. The third kappa shape index (κ3) is 4.63. The Hall–Kier alpha value is -1.43. The predicted octanol–water partition coefficient (Wildman–Crippen LogP) is 2.50. The van der Waals surface area contributed by atoms with Gasteiger partial charge in [-0.3, -0.25) is 9.59 Å². The predicted molar refractivity (Wildman–Crippen MR) is 74.5 cm³/mol. The van der Waals surface area contributed by atoms with Gasteiger partial charge in [-0.2, -0.15) is 0 Å². The van der Waals surface area contributed by atoms with Gasteiger partial charge in [-0.25, -0.2) is 4.98 Å². The molecule has 0 radical (unpaired) electrons. The van der Waals surface area contributed by atoms with Gasteiger partial charge in [-0.1, -0.05) is 27.7 Å². The summed E-state index contributed by atoms with van der Waals surface area (Å²) < 4.78 is 0. The van der Waals surface area contributed by atoms with E-state index in [0.29, 0.717) is 5.01 Å². The van der Waals surface area contributed by atoms with Gasteiger partial charge in [0.2, 0.25) is 0 Å². The second-order valence-corrected chi connectivity index (χ2v) is 6.01. The Morgan fingerprint density at radius 1 is 1.37 bits per heavy atom. The standard InChI is InChI=1S/C13H20N2O3S/c1-7(2)9(5-11(16)17)14-12(18)13-15-10(6-19-13)8(3)4/h6-9H,5H2,1-4H3,(H,14,18)(H,16,17). The first-order chi connectivity index (χ1) is 8.81. The Balaban J connectivity index is 2.73. The molecular weight excluding hydrogens is 264 g/mol. The number of carboxylic acids is 1. The van der Waals surface area contributed by atoms with Crippen LogP contribution in [0.4, 0.5) is 0 Å². The van der Waals surface area contributed by atoms with E-state index in [1.807, 2.05) is 33.1 Å². The topological polar surface area (TPSA) is 79.3 Å². The summed E-state index contributed by atoms with van der Waals surface area (Å²) in [7, 11) is 0. The third-order valence-corrected chi connectivity index (χ3v) is 3.68. The zero-order valence-electron chi connectivity index (χ0n) is 11.6. The van der Waals surface area contributed by atoms with Crippen molar-refractivity contribution >= 4 is 23.2 Å². The summed E-state index contributed by atoms with van der Waals surface area (Å²) in [5.41, 5.74) is 0.884. The summed E-state index contributed by atoms with van der Waals surface area (Å²) in [6.45, 7) is 7.79. The Morgan fingerprint density at radius 3 is 2.42 bits per heavy atom. The molecule has 2 N–H and O–H groups in total. The lowest BCUT2D eigenvalue weighted by Crippen LogP contribution is -2.40. The molecular formula is C13H20N2O3S. The fourth-order valence-corrected chi connectivity index (χ4v) is 2.41. The van der Waals surface area contributed by atoms with Crippen LogP contribution in [0.15, 0.2) is 5.38 Å². The number of nitrogens with one attached hydrogen (secondary N) is 1. The molecule has 106 valence electrons. The molecule has 0 saturated heterocycles. The highest BCUT2D eigenvalue weighted by atomic mass is 32.1. The van der Waals surface area contributed by atoms with Crippen LogP contribution in [0.25, 0.3) is 0 Å². The molecule has 1 aromatic heterocycles. The maximum Gasteiger partial charge on any atom is 0.305 e. The number of amides is 1. The molecule has 1 atom stereocenters. The van der Waals surface area contributed by atoms with Gasteiger partial charge in [0.15, 0.2) is 5.01 Å². The Kier molecular flexibility index (Phi) is 5.47. The van der Waals surface area contributed by atoms with Gasteiger partial charge in [0, 0.05) is 11.4 Å². The summed E-state index contributed by atoms with van der Waals surface area (Å²) in [5.74, 6) is -0.875. The second-order valence-electron chi connectivity index (χ2n) is 5.15. The molecule has 5 nitrogen and oxygen atoms in total. The van der Waals surface area contributed by atoms with Crippen molar-refractivity contribution < 1.29 is 14.7 Å². The maximum absolute atomic E-state index is 12.0. The number of carbonyl (C=O) groups excluding carboxylic acids is 1. The number of hydrogen-bond acceptors (Lipinski definition) is 4. The SMILES string of the molecule is CC(C)c1csc(C(=O)NC(CC(=O)O)C(C)C)n1. The lowest BCUT2D eigenvalue weighted by Gasteiger charge is -2.19. The quantitative estimate of drug-likeness (QED) is 0.841. The zero-order chi connectivity index (χ0) is 14.6. The van der Waals surface area contributed by atoms with Crippen molar-refractivity contribution in [2.45, 2.75) is 46.1 Å². The molecule has 1 rings (SSSR count). The van der Waals surface area contributed by atoms with E-state index in [4.69, 9.17) is 5.11 Å². The van der Waals surface area contributed by atoms with E-state index in [2.05, 4.69) is 10.3 Å². The van der Waals surface area contributed by atoms with Gasteiger partial charge in [0.1, 0.15) is 0 Å². The number of thiazole rings is 1. The van der Waals surface area contributed by atoms with Gasteiger partial charge in [-0.15, -0.1) is 11.3 Å². The molecule has 19 heavy (non-hydrogen) atoms. The van der Waals surface area contributed by atoms with E-state index in [0.717, 1.165) is 5.69 Å². The monoisotopic (exact) mass is 284 g/mol. The number of aromatic nitrogens is 1. The maximum atomic E-state index is 12.0. The molecule has 0 spiro atoms. The molecule has 0 aliphatic rings. The fraction of sp³-hybridized carbons (Fsp3) is 0.615. The van der Waals surface area contributed by atoms with Crippen molar-refractivity contribution in [1.29, 1.82) is 0 Å². The fourth-order valence-electron chi connectivity index (χ4n) is 1.53. The summed E-state index contributed by atoms with van der Waals surface area (Å²) in [6.07, 6.45) is -0.0776. The van der Waals surface area contributed by atoms with Crippen LogP contribution in [-0.4, -0.2) is 28.0 Å². The van der Waals surface area contributed by atoms with Crippen molar-refractivity contribution in [3.05, 3.63) is 16.1 Å². The second kappa shape index (κ2) is 6.65. The molecule has 6 heteroatoms. The first kappa shape index (κ1) is 15.6. The lowest BCUT2D eigenvalue weighted by molar-refractivity contribution is -0.137. The number of aliphatic carboxylic acids is 1. The molecule has 1 unspecified atom stereocenters. The smallest absolute Gasteiger partial charge is 0.305 e. The third-order valence-electron chi connectivity index (χ3n) is 2.82. The minimum absolute atomic E-state index is 0.0598. The number of carboxylic acid groups (broad SMARTS) is 1.